The van der Waals surface area contributed by atoms with Crippen molar-refractivity contribution in [3.8, 4) is 11.1 Å². The monoisotopic (exact) mass is 380 g/mol. The molecular formula is C23H28N2O3. The van der Waals surface area contributed by atoms with Gasteiger partial charge in [-0.3, -0.25) is 9.78 Å². The lowest BCUT2D eigenvalue weighted by atomic mass is 9.73. The number of nitrogens with zero attached hydrogens (tertiary/aromatic N) is 2. The summed E-state index contributed by atoms with van der Waals surface area (Å²) < 4.78 is 5.61. The summed E-state index contributed by atoms with van der Waals surface area (Å²) in [6, 6.07) is 12.3. The van der Waals surface area contributed by atoms with E-state index in [1.54, 1.807) is 12.4 Å². The van der Waals surface area contributed by atoms with Gasteiger partial charge >= 0.3 is 0 Å². The lowest BCUT2D eigenvalue weighted by Crippen LogP contribution is -2.50. The fourth-order valence-electron chi connectivity index (χ4n) is 4.68. The number of carbonyl (C=O) groups excluding carboxylic acids is 1. The van der Waals surface area contributed by atoms with E-state index in [0.29, 0.717) is 19.6 Å². The minimum Gasteiger partial charge on any atom is -0.394 e. The Hall–Kier alpha value is -2.24. The number of pyridine rings is 1. The van der Waals surface area contributed by atoms with E-state index in [0.717, 1.165) is 43.4 Å². The van der Waals surface area contributed by atoms with Crippen molar-refractivity contribution in [2.45, 2.75) is 38.1 Å². The van der Waals surface area contributed by atoms with Crippen LogP contribution in [-0.2, 0) is 16.0 Å². The number of hydrogen-bond donors (Lipinski definition) is 1. The van der Waals surface area contributed by atoms with Crippen molar-refractivity contribution < 1.29 is 14.6 Å². The molecule has 28 heavy (non-hydrogen) atoms. The van der Waals surface area contributed by atoms with Crippen LogP contribution in [0.4, 0.5) is 0 Å². The van der Waals surface area contributed by atoms with E-state index in [9.17, 15) is 9.90 Å². The fraction of sp³-hybridized carbons (Fsp3) is 0.478. The van der Waals surface area contributed by atoms with Crippen LogP contribution in [-0.4, -0.2) is 53.3 Å². The Morgan fingerprint density at radius 1 is 1.18 bits per heavy atom. The molecule has 2 aliphatic rings. The predicted octanol–water partition coefficient (Wildman–Crippen LogP) is 3.07. The summed E-state index contributed by atoms with van der Waals surface area (Å²) in [4.78, 5) is 19.8. The Kier molecular flexibility index (Phi) is 5.74. The zero-order valence-electron chi connectivity index (χ0n) is 16.2. The van der Waals surface area contributed by atoms with Gasteiger partial charge in [0.05, 0.1) is 18.1 Å². The average Bonchev–Trinajstić information content (AvgIpc) is 3.23. The third kappa shape index (κ3) is 3.69. The Morgan fingerprint density at radius 2 is 1.93 bits per heavy atom. The van der Waals surface area contributed by atoms with Gasteiger partial charge in [0.1, 0.15) is 0 Å². The van der Waals surface area contributed by atoms with E-state index in [-0.39, 0.29) is 18.6 Å². The molecule has 5 heteroatoms. The predicted molar refractivity (Wildman–Crippen MR) is 108 cm³/mol. The Bertz CT molecular complexity index is 803. The van der Waals surface area contributed by atoms with Crippen LogP contribution in [0.2, 0.25) is 0 Å². The van der Waals surface area contributed by atoms with Crippen molar-refractivity contribution in [2.24, 2.45) is 5.41 Å². The maximum atomic E-state index is 13.7. The second-order valence-electron chi connectivity index (χ2n) is 7.94. The number of hydrogen-bond acceptors (Lipinski definition) is 4. The molecule has 0 radical (unpaired) electrons. The number of aliphatic hydroxyl groups is 1. The fourth-order valence-corrected chi connectivity index (χ4v) is 4.68. The molecule has 2 saturated heterocycles. The molecule has 148 valence electrons. The summed E-state index contributed by atoms with van der Waals surface area (Å²) in [5.74, 6) is 0.192. The average molecular weight is 380 g/mol. The van der Waals surface area contributed by atoms with Crippen molar-refractivity contribution in [2.75, 3.05) is 26.4 Å². The SMILES string of the molecule is O=C(N1CCC[C@@H]1CO)C1(Cc2ccccc2-c2ccncc2)CCOCC1. The van der Waals surface area contributed by atoms with Crippen LogP contribution in [0, 0.1) is 5.41 Å². The standard InChI is InChI=1S/C23H28N2O3/c26-17-20-5-3-13-25(20)22(27)23(9-14-28-15-10-23)16-19-4-1-2-6-21(19)18-7-11-24-12-8-18/h1-2,4,6-8,11-12,20,26H,3,5,9-10,13-17H2/t20-/m1/s1. The molecule has 0 aliphatic carbocycles. The highest BCUT2D eigenvalue weighted by molar-refractivity contribution is 5.84. The zero-order valence-corrected chi connectivity index (χ0v) is 16.2. The number of likely N-dealkylation sites (tertiary alicyclic amines) is 1. The molecule has 0 saturated carbocycles. The molecule has 2 aromatic rings. The minimum absolute atomic E-state index is 0.0392. The normalized spacial score (nSPS) is 21.6. The zero-order chi connectivity index (χ0) is 19.4. The summed E-state index contributed by atoms with van der Waals surface area (Å²) in [7, 11) is 0. The van der Waals surface area contributed by atoms with Crippen LogP contribution >= 0.6 is 0 Å². The number of aliphatic hydroxyl groups excluding tert-OH is 1. The van der Waals surface area contributed by atoms with E-state index in [4.69, 9.17) is 4.74 Å². The number of amides is 1. The molecule has 1 atom stereocenters. The molecule has 4 rings (SSSR count). The van der Waals surface area contributed by atoms with E-state index in [2.05, 4.69) is 17.1 Å². The topological polar surface area (TPSA) is 62.7 Å². The van der Waals surface area contributed by atoms with Crippen LogP contribution in [0.25, 0.3) is 11.1 Å². The number of ether oxygens (including phenoxy) is 1. The largest absolute Gasteiger partial charge is 0.394 e. The highest BCUT2D eigenvalue weighted by Crippen LogP contribution is 2.40. The van der Waals surface area contributed by atoms with Gasteiger partial charge in [0.2, 0.25) is 5.91 Å². The number of benzene rings is 1. The van der Waals surface area contributed by atoms with Gasteiger partial charge in [-0.1, -0.05) is 24.3 Å². The van der Waals surface area contributed by atoms with E-state index in [1.807, 2.05) is 29.2 Å². The third-order valence-electron chi connectivity index (χ3n) is 6.29. The number of rotatable bonds is 5. The lowest BCUT2D eigenvalue weighted by molar-refractivity contribution is -0.149. The van der Waals surface area contributed by atoms with E-state index < -0.39 is 5.41 Å². The van der Waals surface area contributed by atoms with E-state index >= 15 is 0 Å². The van der Waals surface area contributed by atoms with Crippen LogP contribution in [0.1, 0.15) is 31.2 Å². The smallest absolute Gasteiger partial charge is 0.229 e. The molecule has 1 amide bonds. The molecule has 0 unspecified atom stereocenters. The molecule has 0 bridgehead atoms. The highest BCUT2D eigenvalue weighted by Gasteiger charge is 2.45. The Morgan fingerprint density at radius 3 is 2.68 bits per heavy atom. The van der Waals surface area contributed by atoms with Crippen LogP contribution in [0.3, 0.4) is 0 Å². The van der Waals surface area contributed by atoms with Gasteiger partial charge in [0.15, 0.2) is 0 Å². The number of aromatic nitrogens is 1. The second kappa shape index (κ2) is 8.41. The Labute approximate surface area is 166 Å². The first kappa shape index (κ1) is 19.1. The van der Waals surface area contributed by atoms with Gasteiger partial charge in [-0.15, -0.1) is 0 Å². The lowest BCUT2D eigenvalue weighted by Gasteiger charge is -2.40. The summed E-state index contributed by atoms with van der Waals surface area (Å²) in [6.07, 6.45) is 7.62. The molecule has 1 aromatic heterocycles. The summed E-state index contributed by atoms with van der Waals surface area (Å²) in [5.41, 5.74) is 3.00. The van der Waals surface area contributed by atoms with Crippen molar-refractivity contribution >= 4 is 5.91 Å². The molecule has 1 N–H and O–H groups in total. The van der Waals surface area contributed by atoms with Crippen LogP contribution in [0.5, 0.6) is 0 Å². The minimum atomic E-state index is -0.459. The quantitative estimate of drug-likeness (QED) is 0.866. The summed E-state index contributed by atoms with van der Waals surface area (Å²) in [5, 5.41) is 9.73. The second-order valence-corrected chi connectivity index (χ2v) is 7.94. The van der Waals surface area contributed by atoms with Crippen molar-refractivity contribution in [1.82, 2.24) is 9.88 Å². The Balaban J connectivity index is 1.68. The van der Waals surface area contributed by atoms with Crippen LogP contribution < -0.4 is 0 Å². The first-order valence-electron chi connectivity index (χ1n) is 10.2. The highest BCUT2D eigenvalue weighted by atomic mass is 16.5. The van der Waals surface area contributed by atoms with Crippen molar-refractivity contribution in [3.63, 3.8) is 0 Å². The molecule has 5 nitrogen and oxygen atoms in total. The maximum Gasteiger partial charge on any atom is 0.229 e. The first-order valence-corrected chi connectivity index (χ1v) is 10.2. The third-order valence-corrected chi connectivity index (χ3v) is 6.29. The van der Waals surface area contributed by atoms with E-state index in [1.165, 1.54) is 5.56 Å². The molecule has 2 aliphatic heterocycles. The van der Waals surface area contributed by atoms with Gasteiger partial charge < -0.3 is 14.7 Å². The van der Waals surface area contributed by atoms with Gasteiger partial charge in [-0.05, 0) is 60.9 Å². The molecule has 3 heterocycles. The summed E-state index contributed by atoms with van der Waals surface area (Å²) >= 11 is 0. The van der Waals surface area contributed by atoms with Gasteiger partial charge in [0.25, 0.3) is 0 Å². The van der Waals surface area contributed by atoms with Crippen molar-refractivity contribution in [3.05, 3.63) is 54.4 Å². The number of carbonyl (C=O) groups is 1. The first-order chi connectivity index (χ1) is 13.7. The van der Waals surface area contributed by atoms with Crippen LogP contribution in [0.15, 0.2) is 48.8 Å². The maximum absolute atomic E-state index is 13.7. The van der Waals surface area contributed by atoms with Crippen molar-refractivity contribution in [1.29, 1.82) is 0 Å². The summed E-state index contributed by atoms with van der Waals surface area (Å²) in [6.45, 7) is 2.02. The van der Waals surface area contributed by atoms with Gasteiger partial charge in [0, 0.05) is 32.2 Å². The van der Waals surface area contributed by atoms with Gasteiger partial charge in [-0.25, -0.2) is 0 Å². The van der Waals surface area contributed by atoms with Gasteiger partial charge in [-0.2, -0.15) is 0 Å². The molecule has 0 spiro atoms. The molecule has 1 aromatic carbocycles. The molecule has 2 fully saturated rings. The molecular weight excluding hydrogens is 352 g/mol.